The number of carbonyl (C=O) groups is 1. The molecule has 0 saturated heterocycles. The van der Waals surface area contributed by atoms with Crippen molar-refractivity contribution >= 4 is 23.4 Å². The molecular weight excluding hydrogens is 339 g/mol. The van der Waals surface area contributed by atoms with Crippen LogP contribution in [0, 0.1) is 12.7 Å². The van der Waals surface area contributed by atoms with Gasteiger partial charge in [-0.3, -0.25) is 4.79 Å². The van der Waals surface area contributed by atoms with Gasteiger partial charge in [0.1, 0.15) is 5.82 Å². The van der Waals surface area contributed by atoms with Gasteiger partial charge in [-0.1, -0.05) is 42.1 Å². The molecule has 1 amide bonds. The number of rotatable bonds is 5. The van der Waals surface area contributed by atoms with Crippen LogP contribution in [0.3, 0.4) is 0 Å². The van der Waals surface area contributed by atoms with Gasteiger partial charge in [0, 0.05) is 18.3 Å². The van der Waals surface area contributed by atoms with Crippen molar-refractivity contribution in [1.82, 2.24) is 14.8 Å². The van der Waals surface area contributed by atoms with Crippen LogP contribution in [0.1, 0.15) is 5.56 Å². The highest BCUT2D eigenvalue weighted by molar-refractivity contribution is 7.99. The normalized spacial score (nSPS) is 10.7. The Hall–Kier alpha value is -2.67. The van der Waals surface area contributed by atoms with Crippen LogP contribution < -0.4 is 5.32 Å². The Balaban J connectivity index is 1.66. The fourth-order valence-electron chi connectivity index (χ4n) is 2.39. The van der Waals surface area contributed by atoms with Gasteiger partial charge in [-0.15, -0.1) is 10.2 Å². The summed E-state index contributed by atoms with van der Waals surface area (Å²) >= 11 is 1.28. The Morgan fingerprint density at radius 2 is 2.00 bits per heavy atom. The van der Waals surface area contributed by atoms with Crippen LogP contribution >= 0.6 is 11.8 Å². The van der Waals surface area contributed by atoms with E-state index in [0.29, 0.717) is 10.8 Å². The first-order valence-corrected chi connectivity index (χ1v) is 8.67. The van der Waals surface area contributed by atoms with Crippen molar-refractivity contribution in [3.8, 4) is 11.4 Å². The van der Waals surface area contributed by atoms with E-state index in [1.54, 1.807) is 12.1 Å². The highest BCUT2D eigenvalue weighted by Crippen LogP contribution is 2.25. The molecular formula is C18H17FN4OS. The SMILES string of the molecule is Cc1ccccc1-c1nnc(SCC(=O)Nc2cccc(F)c2)n1C. The molecule has 0 bridgehead atoms. The average Bonchev–Trinajstić information content (AvgIpc) is 2.94. The van der Waals surface area contributed by atoms with Crippen molar-refractivity contribution in [2.45, 2.75) is 12.1 Å². The number of aryl methyl sites for hydroxylation is 1. The second-order valence-electron chi connectivity index (χ2n) is 5.53. The van der Waals surface area contributed by atoms with Gasteiger partial charge in [0.25, 0.3) is 0 Å². The number of nitrogens with zero attached hydrogens (tertiary/aromatic N) is 3. The van der Waals surface area contributed by atoms with Crippen molar-refractivity contribution in [2.75, 3.05) is 11.1 Å². The number of thioether (sulfide) groups is 1. The monoisotopic (exact) mass is 356 g/mol. The number of hydrogen-bond acceptors (Lipinski definition) is 4. The molecule has 0 spiro atoms. The summed E-state index contributed by atoms with van der Waals surface area (Å²) in [4.78, 5) is 12.0. The molecule has 3 aromatic rings. The van der Waals surface area contributed by atoms with Crippen LogP contribution in [-0.4, -0.2) is 26.4 Å². The van der Waals surface area contributed by atoms with Gasteiger partial charge in [-0.05, 0) is 30.7 Å². The zero-order valence-corrected chi connectivity index (χ0v) is 14.7. The predicted molar refractivity (Wildman–Crippen MR) is 96.9 cm³/mol. The molecule has 2 aromatic carbocycles. The molecule has 128 valence electrons. The lowest BCUT2D eigenvalue weighted by atomic mass is 10.1. The van der Waals surface area contributed by atoms with E-state index in [-0.39, 0.29) is 17.5 Å². The zero-order chi connectivity index (χ0) is 17.8. The van der Waals surface area contributed by atoms with E-state index in [2.05, 4.69) is 15.5 Å². The first-order chi connectivity index (χ1) is 12.0. The van der Waals surface area contributed by atoms with Gasteiger partial charge in [0.05, 0.1) is 5.75 Å². The first kappa shape index (κ1) is 17.2. The van der Waals surface area contributed by atoms with Crippen molar-refractivity contribution in [1.29, 1.82) is 0 Å². The molecule has 7 heteroatoms. The molecule has 1 aromatic heterocycles. The topological polar surface area (TPSA) is 59.8 Å². The quantitative estimate of drug-likeness (QED) is 0.709. The van der Waals surface area contributed by atoms with Gasteiger partial charge in [-0.2, -0.15) is 0 Å². The molecule has 0 saturated carbocycles. The number of nitrogens with one attached hydrogen (secondary N) is 1. The number of amides is 1. The van der Waals surface area contributed by atoms with Gasteiger partial charge < -0.3 is 9.88 Å². The van der Waals surface area contributed by atoms with Crippen LogP contribution in [0.2, 0.25) is 0 Å². The van der Waals surface area contributed by atoms with E-state index in [1.165, 1.54) is 23.9 Å². The molecule has 0 atom stereocenters. The fraction of sp³-hybridized carbons (Fsp3) is 0.167. The zero-order valence-electron chi connectivity index (χ0n) is 13.9. The Kier molecular flexibility index (Phi) is 5.14. The third kappa shape index (κ3) is 4.06. The molecule has 0 unspecified atom stereocenters. The molecule has 3 rings (SSSR count). The lowest BCUT2D eigenvalue weighted by molar-refractivity contribution is -0.113. The molecule has 0 radical (unpaired) electrons. The second kappa shape index (κ2) is 7.48. The minimum Gasteiger partial charge on any atom is -0.325 e. The van der Waals surface area contributed by atoms with Gasteiger partial charge in [0.2, 0.25) is 5.91 Å². The summed E-state index contributed by atoms with van der Waals surface area (Å²) in [5.41, 5.74) is 2.55. The van der Waals surface area contributed by atoms with Crippen molar-refractivity contribution in [3.63, 3.8) is 0 Å². The molecule has 0 fully saturated rings. The number of hydrogen-bond donors (Lipinski definition) is 1. The van der Waals surface area contributed by atoms with E-state index in [0.717, 1.165) is 17.0 Å². The van der Waals surface area contributed by atoms with E-state index >= 15 is 0 Å². The second-order valence-corrected chi connectivity index (χ2v) is 6.47. The van der Waals surface area contributed by atoms with Crippen LogP contribution in [-0.2, 0) is 11.8 Å². The van der Waals surface area contributed by atoms with Crippen LogP contribution in [0.5, 0.6) is 0 Å². The Bertz CT molecular complexity index is 910. The maximum absolute atomic E-state index is 13.1. The van der Waals surface area contributed by atoms with Crippen molar-refractivity contribution < 1.29 is 9.18 Å². The highest BCUT2D eigenvalue weighted by Gasteiger charge is 2.14. The molecule has 0 aliphatic heterocycles. The molecule has 1 heterocycles. The van der Waals surface area contributed by atoms with Crippen LogP contribution in [0.15, 0.2) is 53.7 Å². The summed E-state index contributed by atoms with van der Waals surface area (Å²) in [6, 6.07) is 13.7. The summed E-state index contributed by atoms with van der Waals surface area (Å²) in [6.07, 6.45) is 0. The first-order valence-electron chi connectivity index (χ1n) is 7.68. The number of benzene rings is 2. The lowest BCUT2D eigenvalue weighted by Crippen LogP contribution is -2.14. The maximum atomic E-state index is 13.1. The molecule has 1 N–H and O–H groups in total. The smallest absolute Gasteiger partial charge is 0.234 e. The Morgan fingerprint density at radius 1 is 1.20 bits per heavy atom. The maximum Gasteiger partial charge on any atom is 0.234 e. The van der Waals surface area contributed by atoms with Crippen LogP contribution in [0.4, 0.5) is 10.1 Å². The standard InChI is InChI=1S/C18H17FN4OS/c1-12-6-3-4-9-15(12)17-21-22-18(23(17)2)25-11-16(24)20-14-8-5-7-13(19)10-14/h3-10H,11H2,1-2H3,(H,20,24). The molecule has 0 aliphatic rings. The van der Waals surface area contributed by atoms with Crippen LogP contribution in [0.25, 0.3) is 11.4 Å². The molecule has 25 heavy (non-hydrogen) atoms. The van der Waals surface area contributed by atoms with Gasteiger partial charge in [0.15, 0.2) is 11.0 Å². The number of anilines is 1. The Labute approximate surface area is 149 Å². The minimum absolute atomic E-state index is 0.163. The van der Waals surface area contributed by atoms with E-state index in [4.69, 9.17) is 0 Å². The van der Waals surface area contributed by atoms with E-state index < -0.39 is 0 Å². The molecule has 5 nitrogen and oxygen atoms in total. The number of carbonyl (C=O) groups excluding carboxylic acids is 1. The lowest BCUT2D eigenvalue weighted by Gasteiger charge is -2.07. The summed E-state index contributed by atoms with van der Waals surface area (Å²) in [6.45, 7) is 2.02. The fourth-order valence-corrected chi connectivity index (χ4v) is 3.10. The van der Waals surface area contributed by atoms with Crippen molar-refractivity contribution in [3.05, 3.63) is 59.9 Å². The average molecular weight is 356 g/mol. The number of aromatic nitrogens is 3. The van der Waals surface area contributed by atoms with E-state index in [1.807, 2.05) is 42.8 Å². The number of halogens is 1. The summed E-state index contributed by atoms with van der Waals surface area (Å²) < 4.78 is 15.0. The van der Waals surface area contributed by atoms with E-state index in [9.17, 15) is 9.18 Å². The van der Waals surface area contributed by atoms with Gasteiger partial charge >= 0.3 is 0 Å². The third-order valence-corrected chi connectivity index (χ3v) is 4.68. The van der Waals surface area contributed by atoms with Gasteiger partial charge in [-0.25, -0.2) is 4.39 Å². The highest BCUT2D eigenvalue weighted by atomic mass is 32.2. The summed E-state index contributed by atoms with van der Waals surface area (Å²) in [5.74, 6) is 0.305. The predicted octanol–water partition coefficient (Wildman–Crippen LogP) is 3.66. The minimum atomic E-state index is -0.387. The van der Waals surface area contributed by atoms with Crippen molar-refractivity contribution in [2.24, 2.45) is 7.05 Å². The summed E-state index contributed by atoms with van der Waals surface area (Å²) in [5, 5.41) is 11.7. The Morgan fingerprint density at radius 3 is 2.76 bits per heavy atom. The largest absolute Gasteiger partial charge is 0.325 e. The molecule has 0 aliphatic carbocycles. The summed E-state index contributed by atoms with van der Waals surface area (Å²) in [7, 11) is 1.87. The third-order valence-electron chi connectivity index (χ3n) is 3.66.